The SMILES string of the molecule is O=C1CCc2ccc(O[C@@H]3CCN(C(=O)CCc4cccnc4)C[C@H]3O)cc2N1. The van der Waals surface area contributed by atoms with Gasteiger partial charge in [-0.25, -0.2) is 0 Å². The third-order valence-electron chi connectivity index (χ3n) is 5.49. The smallest absolute Gasteiger partial charge is 0.224 e. The van der Waals surface area contributed by atoms with Crippen LogP contribution in [0, 0.1) is 0 Å². The van der Waals surface area contributed by atoms with Crippen molar-refractivity contribution in [1.82, 2.24) is 9.88 Å². The number of fused-ring (bicyclic) bond motifs is 1. The van der Waals surface area contributed by atoms with Crippen LogP contribution in [0.1, 0.15) is 30.4 Å². The third kappa shape index (κ3) is 4.74. The Labute approximate surface area is 169 Å². The van der Waals surface area contributed by atoms with Gasteiger partial charge in [0.05, 0.1) is 6.54 Å². The molecule has 0 bridgehead atoms. The van der Waals surface area contributed by atoms with Crippen LogP contribution in [-0.2, 0) is 22.4 Å². The molecule has 2 N–H and O–H groups in total. The van der Waals surface area contributed by atoms with E-state index in [-0.39, 0.29) is 24.5 Å². The van der Waals surface area contributed by atoms with Crippen LogP contribution in [0.3, 0.4) is 0 Å². The molecular formula is C22H25N3O4. The van der Waals surface area contributed by atoms with Gasteiger partial charge in [-0.15, -0.1) is 0 Å². The number of aliphatic hydroxyl groups is 1. The lowest BCUT2D eigenvalue weighted by Crippen LogP contribution is -2.51. The van der Waals surface area contributed by atoms with Crippen molar-refractivity contribution < 1.29 is 19.4 Å². The standard InChI is InChI=1S/C22H25N3O4/c26-19-14-25(22(28)8-3-15-2-1-10-23-13-15)11-9-20(19)29-17-6-4-16-5-7-21(27)24-18(16)12-17/h1-2,4,6,10,12-13,19-20,26H,3,5,7-9,11,14H2,(H,24,27)/t19-,20-/m1/s1. The number of β-amino-alcohol motifs (C(OH)–C–C–N with tert-alkyl or cyclic N) is 1. The van der Waals surface area contributed by atoms with E-state index in [0.717, 1.165) is 23.2 Å². The third-order valence-corrected chi connectivity index (χ3v) is 5.49. The Balaban J connectivity index is 1.30. The number of hydrogen-bond acceptors (Lipinski definition) is 5. The first-order valence-electron chi connectivity index (χ1n) is 10.0. The van der Waals surface area contributed by atoms with Crippen molar-refractivity contribution >= 4 is 17.5 Å². The second-order valence-corrected chi connectivity index (χ2v) is 7.58. The minimum atomic E-state index is -0.753. The Morgan fingerprint density at radius 3 is 3.00 bits per heavy atom. The van der Waals surface area contributed by atoms with Crippen molar-refractivity contribution in [2.45, 2.75) is 44.3 Å². The van der Waals surface area contributed by atoms with E-state index in [4.69, 9.17) is 4.74 Å². The maximum atomic E-state index is 12.5. The number of carbonyl (C=O) groups is 2. The zero-order chi connectivity index (χ0) is 20.2. The number of pyridine rings is 1. The first-order valence-corrected chi connectivity index (χ1v) is 10.0. The number of benzene rings is 1. The molecule has 7 heteroatoms. The lowest BCUT2D eigenvalue weighted by Gasteiger charge is -2.36. The van der Waals surface area contributed by atoms with Crippen LogP contribution in [0.2, 0.25) is 0 Å². The molecule has 152 valence electrons. The molecule has 1 aromatic carbocycles. The van der Waals surface area contributed by atoms with Crippen molar-refractivity contribution in [3.63, 3.8) is 0 Å². The zero-order valence-corrected chi connectivity index (χ0v) is 16.2. The van der Waals surface area contributed by atoms with Crippen LogP contribution in [0.4, 0.5) is 5.69 Å². The summed E-state index contributed by atoms with van der Waals surface area (Å²) in [6.07, 6.45) is 5.17. The van der Waals surface area contributed by atoms with E-state index in [1.54, 1.807) is 17.3 Å². The average Bonchev–Trinajstić information content (AvgIpc) is 2.74. The number of amides is 2. The number of aliphatic hydroxyl groups excluding tert-OH is 1. The summed E-state index contributed by atoms with van der Waals surface area (Å²) in [6.45, 7) is 0.813. The van der Waals surface area contributed by atoms with Crippen molar-refractivity contribution in [2.24, 2.45) is 0 Å². The molecule has 3 heterocycles. The molecule has 0 spiro atoms. The van der Waals surface area contributed by atoms with Gasteiger partial charge in [-0.05, 0) is 36.1 Å². The van der Waals surface area contributed by atoms with Gasteiger partial charge in [-0.2, -0.15) is 0 Å². The average molecular weight is 395 g/mol. The number of ether oxygens (including phenoxy) is 1. The fourth-order valence-electron chi connectivity index (χ4n) is 3.83. The van der Waals surface area contributed by atoms with Crippen LogP contribution in [0.5, 0.6) is 5.75 Å². The van der Waals surface area contributed by atoms with Crippen molar-refractivity contribution in [2.75, 3.05) is 18.4 Å². The van der Waals surface area contributed by atoms with Gasteiger partial charge in [-0.1, -0.05) is 12.1 Å². The first-order chi connectivity index (χ1) is 14.1. The Hall–Kier alpha value is -2.93. The highest BCUT2D eigenvalue weighted by atomic mass is 16.5. The minimum Gasteiger partial charge on any atom is -0.488 e. The van der Waals surface area contributed by atoms with Gasteiger partial charge in [0.25, 0.3) is 0 Å². The number of aromatic nitrogens is 1. The van der Waals surface area contributed by atoms with Gasteiger partial charge in [-0.3, -0.25) is 14.6 Å². The Morgan fingerprint density at radius 2 is 2.21 bits per heavy atom. The van der Waals surface area contributed by atoms with Crippen LogP contribution >= 0.6 is 0 Å². The fraction of sp³-hybridized carbons (Fsp3) is 0.409. The van der Waals surface area contributed by atoms with Crippen LogP contribution in [0.15, 0.2) is 42.7 Å². The quantitative estimate of drug-likeness (QED) is 0.807. The molecule has 2 amide bonds. The summed E-state index contributed by atoms with van der Waals surface area (Å²) in [5, 5.41) is 13.4. The van der Waals surface area contributed by atoms with Gasteiger partial charge in [0.1, 0.15) is 18.0 Å². The number of carbonyl (C=O) groups excluding carboxylic acids is 2. The number of aryl methyl sites for hydroxylation is 2. The fourth-order valence-corrected chi connectivity index (χ4v) is 3.83. The predicted molar refractivity (Wildman–Crippen MR) is 108 cm³/mol. The van der Waals surface area contributed by atoms with E-state index in [9.17, 15) is 14.7 Å². The van der Waals surface area contributed by atoms with Gasteiger partial charge < -0.3 is 20.1 Å². The van der Waals surface area contributed by atoms with Gasteiger partial charge in [0.2, 0.25) is 11.8 Å². The van der Waals surface area contributed by atoms with Crippen molar-refractivity contribution in [3.05, 3.63) is 53.9 Å². The molecule has 0 saturated carbocycles. The number of nitrogens with one attached hydrogen (secondary N) is 1. The van der Waals surface area contributed by atoms with E-state index in [1.807, 2.05) is 30.3 Å². The molecule has 0 radical (unpaired) electrons. The maximum Gasteiger partial charge on any atom is 0.224 e. The highest BCUT2D eigenvalue weighted by molar-refractivity contribution is 5.94. The molecule has 1 aromatic heterocycles. The molecule has 1 fully saturated rings. The predicted octanol–water partition coefficient (Wildman–Crippen LogP) is 1.94. The van der Waals surface area contributed by atoms with Crippen LogP contribution in [-0.4, -0.2) is 52.1 Å². The van der Waals surface area contributed by atoms with E-state index in [0.29, 0.717) is 38.0 Å². The molecule has 2 atom stereocenters. The highest BCUT2D eigenvalue weighted by Gasteiger charge is 2.31. The lowest BCUT2D eigenvalue weighted by atomic mass is 10.0. The number of nitrogens with zero attached hydrogens (tertiary/aromatic N) is 2. The molecule has 0 aliphatic carbocycles. The van der Waals surface area contributed by atoms with Crippen LogP contribution < -0.4 is 10.1 Å². The molecular weight excluding hydrogens is 370 g/mol. The first kappa shape index (κ1) is 19.4. The second-order valence-electron chi connectivity index (χ2n) is 7.58. The summed E-state index contributed by atoms with van der Waals surface area (Å²) in [6, 6.07) is 9.45. The Bertz CT molecular complexity index is 887. The molecule has 7 nitrogen and oxygen atoms in total. The Morgan fingerprint density at radius 1 is 1.31 bits per heavy atom. The van der Waals surface area contributed by atoms with E-state index in [2.05, 4.69) is 10.3 Å². The monoisotopic (exact) mass is 395 g/mol. The second kappa shape index (κ2) is 8.61. The highest BCUT2D eigenvalue weighted by Crippen LogP contribution is 2.29. The molecule has 2 aromatic rings. The largest absolute Gasteiger partial charge is 0.488 e. The molecule has 1 saturated heterocycles. The summed E-state index contributed by atoms with van der Waals surface area (Å²) in [4.78, 5) is 29.8. The summed E-state index contributed by atoms with van der Waals surface area (Å²) in [7, 11) is 0. The Kier molecular flexibility index (Phi) is 5.76. The summed E-state index contributed by atoms with van der Waals surface area (Å²) in [5.41, 5.74) is 2.89. The zero-order valence-electron chi connectivity index (χ0n) is 16.2. The van der Waals surface area contributed by atoms with E-state index < -0.39 is 6.10 Å². The van der Waals surface area contributed by atoms with E-state index in [1.165, 1.54) is 0 Å². The molecule has 2 aliphatic rings. The number of hydrogen-bond donors (Lipinski definition) is 2. The van der Waals surface area contributed by atoms with Gasteiger partial charge in [0, 0.05) is 50.0 Å². The minimum absolute atomic E-state index is 0.00721. The van der Waals surface area contributed by atoms with Crippen LogP contribution in [0.25, 0.3) is 0 Å². The number of rotatable bonds is 5. The molecule has 29 heavy (non-hydrogen) atoms. The molecule has 4 rings (SSSR count). The molecule has 0 unspecified atom stereocenters. The maximum absolute atomic E-state index is 12.5. The number of anilines is 1. The topological polar surface area (TPSA) is 91.8 Å². The van der Waals surface area contributed by atoms with Gasteiger partial charge >= 0.3 is 0 Å². The summed E-state index contributed by atoms with van der Waals surface area (Å²) in [5.74, 6) is 0.655. The summed E-state index contributed by atoms with van der Waals surface area (Å²) < 4.78 is 5.98. The van der Waals surface area contributed by atoms with E-state index >= 15 is 0 Å². The number of piperidine rings is 1. The lowest BCUT2D eigenvalue weighted by molar-refractivity contribution is -0.137. The van der Waals surface area contributed by atoms with Crippen molar-refractivity contribution in [1.29, 1.82) is 0 Å². The summed E-state index contributed by atoms with van der Waals surface area (Å²) >= 11 is 0. The van der Waals surface area contributed by atoms with Crippen molar-refractivity contribution in [3.8, 4) is 5.75 Å². The number of likely N-dealkylation sites (tertiary alicyclic amines) is 1. The normalized spacial score (nSPS) is 21.3. The van der Waals surface area contributed by atoms with Gasteiger partial charge in [0.15, 0.2) is 0 Å². The molecule has 2 aliphatic heterocycles.